The number of anilines is 3. The molecule has 0 unspecified atom stereocenters. The van der Waals surface area contributed by atoms with E-state index in [-0.39, 0.29) is 16.7 Å². The second-order valence-corrected chi connectivity index (χ2v) is 8.67. The van der Waals surface area contributed by atoms with E-state index in [4.69, 9.17) is 16.3 Å². The molecule has 1 amide bonds. The lowest BCUT2D eigenvalue weighted by molar-refractivity contribution is 0.210. The number of nitrogens with zero attached hydrogens (tertiary/aromatic N) is 4. The van der Waals surface area contributed by atoms with Gasteiger partial charge in [-0.15, -0.1) is 0 Å². The number of carbonyl (C=O) groups excluding carboxylic acids is 1. The fourth-order valence-corrected chi connectivity index (χ4v) is 3.33. The fraction of sp³-hybridized carbons (Fsp3) is 0.217. The number of carbonyl (C=O) groups is 1. The molecule has 2 aromatic carbocycles. The maximum atomic E-state index is 12.4. The van der Waals surface area contributed by atoms with Crippen molar-refractivity contribution in [3.8, 4) is 6.01 Å². The van der Waals surface area contributed by atoms with Gasteiger partial charge in [-0.3, -0.25) is 9.88 Å². The van der Waals surface area contributed by atoms with E-state index in [0.717, 1.165) is 11.2 Å². The molecule has 164 valence electrons. The average molecular weight is 451 g/mol. The van der Waals surface area contributed by atoms with Crippen molar-refractivity contribution in [3.63, 3.8) is 0 Å². The van der Waals surface area contributed by atoms with E-state index in [1.165, 1.54) is 5.56 Å². The van der Waals surface area contributed by atoms with Gasteiger partial charge in [0.2, 0.25) is 5.28 Å². The summed E-state index contributed by atoms with van der Waals surface area (Å²) in [6.45, 7) is 6.41. The van der Waals surface area contributed by atoms with Crippen molar-refractivity contribution in [2.45, 2.75) is 26.2 Å². The van der Waals surface area contributed by atoms with Gasteiger partial charge >= 0.3 is 12.1 Å². The van der Waals surface area contributed by atoms with Crippen molar-refractivity contribution in [2.75, 3.05) is 10.6 Å². The van der Waals surface area contributed by atoms with Crippen molar-refractivity contribution in [1.29, 1.82) is 0 Å². The Morgan fingerprint density at radius 3 is 2.44 bits per heavy atom. The molecule has 0 saturated carbocycles. The Labute approximate surface area is 190 Å². The lowest BCUT2D eigenvalue weighted by Crippen LogP contribution is -2.18. The summed E-state index contributed by atoms with van der Waals surface area (Å²) in [6.07, 6.45) is 0.957. The molecule has 4 aromatic rings. The summed E-state index contributed by atoms with van der Waals surface area (Å²) in [5, 5.41) is 6.04. The molecule has 0 aliphatic rings. The van der Waals surface area contributed by atoms with Crippen LogP contribution in [0.5, 0.6) is 6.01 Å². The second kappa shape index (κ2) is 8.47. The molecule has 0 bridgehead atoms. The SMILES string of the molecule is Cn1c(OC(=O)Nc2ccc(C(C)(C)C)cc2)nc2cc(Nc3ccnc(Cl)n3)ccc21. The van der Waals surface area contributed by atoms with Crippen LogP contribution >= 0.6 is 11.6 Å². The monoisotopic (exact) mass is 450 g/mol. The number of halogens is 1. The van der Waals surface area contributed by atoms with E-state index in [9.17, 15) is 4.79 Å². The third-order valence-corrected chi connectivity index (χ3v) is 5.10. The molecule has 2 heterocycles. The van der Waals surface area contributed by atoms with Gasteiger partial charge in [0.25, 0.3) is 0 Å². The largest absolute Gasteiger partial charge is 0.419 e. The highest BCUT2D eigenvalue weighted by Gasteiger charge is 2.16. The molecule has 2 aromatic heterocycles. The third-order valence-electron chi connectivity index (χ3n) is 4.92. The predicted octanol–water partition coefficient (Wildman–Crippen LogP) is 5.67. The first-order valence-electron chi connectivity index (χ1n) is 10.0. The van der Waals surface area contributed by atoms with Crippen LogP contribution in [-0.2, 0) is 12.5 Å². The van der Waals surface area contributed by atoms with Crippen LogP contribution in [0.25, 0.3) is 11.0 Å². The Hall–Kier alpha value is -3.65. The highest BCUT2D eigenvalue weighted by Crippen LogP contribution is 2.26. The second-order valence-electron chi connectivity index (χ2n) is 8.33. The van der Waals surface area contributed by atoms with E-state index in [2.05, 4.69) is 46.4 Å². The normalized spacial score (nSPS) is 11.4. The molecule has 0 saturated heterocycles. The van der Waals surface area contributed by atoms with Gasteiger partial charge in [-0.1, -0.05) is 32.9 Å². The van der Waals surface area contributed by atoms with Crippen LogP contribution in [-0.4, -0.2) is 25.6 Å². The number of hydrogen-bond donors (Lipinski definition) is 2. The summed E-state index contributed by atoms with van der Waals surface area (Å²) in [4.78, 5) is 24.8. The van der Waals surface area contributed by atoms with Crippen LogP contribution in [0.3, 0.4) is 0 Å². The summed E-state index contributed by atoms with van der Waals surface area (Å²) in [5.74, 6) is 0.564. The summed E-state index contributed by atoms with van der Waals surface area (Å²) < 4.78 is 7.16. The molecule has 8 nitrogen and oxygen atoms in total. The predicted molar refractivity (Wildman–Crippen MR) is 126 cm³/mol. The highest BCUT2D eigenvalue weighted by atomic mass is 35.5. The molecule has 0 aliphatic heterocycles. The summed E-state index contributed by atoms with van der Waals surface area (Å²) in [5.41, 5.74) is 4.11. The van der Waals surface area contributed by atoms with Crippen LogP contribution in [0, 0.1) is 0 Å². The third kappa shape index (κ3) is 4.81. The Morgan fingerprint density at radius 2 is 1.75 bits per heavy atom. The first-order chi connectivity index (χ1) is 15.2. The van der Waals surface area contributed by atoms with Crippen LogP contribution in [0.4, 0.5) is 22.0 Å². The number of rotatable bonds is 4. The smallest absolute Gasteiger partial charge is 0.375 e. The summed E-state index contributed by atoms with van der Waals surface area (Å²) >= 11 is 5.83. The Bertz CT molecular complexity index is 1280. The lowest BCUT2D eigenvalue weighted by atomic mass is 9.87. The van der Waals surface area contributed by atoms with Gasteiger partial charge in [-0.25, -0.2) is 14.8 Å². The van der Waals surface area contributed by atoms with E-state index in [1.54, 1.807) is 23.9 Å². The maximum absolute atomic E-state index is 12.4. The average Bonchev–Trinajstić information content (AvgIpc) is 3.02. The van der Waals surface area contributed by atoms with Gasteiger partial charge in [-0.2, -0.15) is 4.98 Å². The quantitative estimate of drug-likeness (QED) is 0.389. The molecular formula is C23H23ClN6O2. The molecule has 4 rings (SSSR count). The van der Waals surface area contributed by atoms with E-state index >= 15 is 0 Å². The van der Waals surface area contributed by atoms with Gasteiger partial charge in [0.1, 0.15) is 5.82 Å². The summed E-state index contributed by atoms with van der Waals surface area (Å²) in [7, 11) is 1.79. The zero-order chi connectivity index (χ0) is 22.9. The van der Waals surface area contributed by atoms with Gasteiger partial charge < -0.3 is 10.1 Å². The van der Waals surface area contributed by atoms with E-state index < -0.39 is 6.09 Å². The fourth-order valence-electron chi connectivity index (χ4n) is 3.18. The molecular weight excluding hydrogens is 428 g/mol. The number of amides is 1. The number of aromatic nitrogens is 4. The van der Waals surface area contributed by atoms with Gasteiger partial charge in [0.05, 0.1) is 11.0 Å². The molecule has 0 fully saturated rings. The topological polar surface area (TPSA) is 94.0 Å². The first-order valence-corrected chi connectivity index (χ1v) is 10.4. The minimum Gasteiger partial charge on any atom is -0.375 e. The van der Waals surface area contributed by atoms with Gasteiger partial charge in [-0.05, 0) is 59.0 Å². The molecule has 32 heavy (non-hydrogen) atoms. The first kappa shape index (κ1) is 21.6. The van der Waals surface area contributed by atoms with Crippen molar-refractivity contribution in [3.05, 3.63) is 65.6 Å². The molecule has 0 spiro atoms. The zero-order valence-electron chi connectivity index (χ0n) is 18.2. The van der Waals surface area contributed by atoms with Crippen molar-refractivity contribution in [1.82, 2.24) is 19.5 Å². The zero-order valence-corrected chi connectivity index (χ0v) is 18.9. The standard InChI is InChI=1S/C23H23ClN6O2/c1-23(2,3)14-5-7-15(8-6-14)27-22(31)32-21-28-17-13-16(9-10-18(17)30(21)4)26-19-11-12-25-20(24)29-19/h5-13H,1-4H3,(H,27,31)(H,25,26,29). The molecule has 0 atom stereocenters. The number of hydrogen-bond acceptors (Lipinski definition) is 6. The Morgan fingerprint density at radius 1 is 1.03 bits per heavy atom. The molecule has 9 heteroatoms. The Kier molecular flexibility index (Phi) is 5.71. The number of fused-ring (bicyclic) bond motifs is 1. The number of ether oxygens (including phenoxy) is 1. The maximum Gasteiger partial charge on any atom is 0.419 e. The Balaban J connectivity index is 1.48. The molecule has 0 radical (unpaired) electrons. The van der Waals surface area contributed by atoms with Gasteiger partial charge in [0, 0.05) is 24.6 Å². The lowest BCUT2D eigenvalue weighted by Gasteiger charge is -2.19. The van der Waals surface area contributed by atoms with E-state index in [1.807, 2.05) is 42.5 Å². The highest BCUT2D eigenvalue weighted by molar-refractivity contribution is 6.28. The van der Waals surface area contributed by atoms with Crippen molar-refractivity contribution < 1.29 is 9.53 Å². The van der Waals surface area contributed by atoms with Crippen LogP contribution < -0.4 is 15.4 Å². The van der Waals surface area contributed by atoms with Crippen molar-refractivity contribution >= 4 is 45.9 Å². The number of benzene rings is 2. The van der Waals surface area contributed by atoms with Gasteiger partial charge in [0.15, 0.2) is 0 Å². The van der Waals surface area contributed by atoms with E-state index in [0.29, 0.717) is 17.0 Å². The number of nitrogens with one attached hydrogen (secondary N) is 2. The molecule has 0 aliphatic carbocycles. The van der Waals surface area contributed by atoms with Crippen LogP contribution in [0.1, 0.15) is 26.3 Å². The summed E-state index contributed by atoms with van der Waals surface area (Å²) in [6, 6.07) is 15.2. The van der Waals surface area contributed by atoms with Crippen molar-refractivity contribution in [2.24, 2.45) is 7.05 Å². The van der Waals surface area contributed by atoms with Crippen LogP contribution in [0.15, 0.2) is 54.7 Å². The van der Waals surface area contributed by atoms with Crippen LogP contribution in [0.2, 0.25) is 5.28 Å². The minimum absolute atomic E-state index is 0.0412. The minimum atomic E-state index is -0.610. The number of imidazole rings is 1. The number of aryl methyl sites for hydroxylation is 1. The molecule has 2 N–H and O–H groups in total.